The van der Waals surface area contributed by atoms with Gasteiger partial charge in [0, 0.05) is 52.0 Å². The van der Waals surface area contributed by atoms with Gasteiger partial charge in [-0.2, -0.15) is 4.98 Å². The van der Waals surface area contributed by atoms with Crippen molar-refractivity contribution in [3.05, 3.63) is 34.5 Å². The lowest BCUT2D eigenvalue weighted by atomic mass is 10.2. The van der Waals surface area contributed by atoms with E-state index >= 15 is 0 Å². The Balaban J connectivity index is 1.35. The molecule has 1 aliphatic heterocycles. The number of rotatable bonds is 6. The maximum absolute atomic E-state index is 12.2. The van der Waals surface area contributed by atoms with Crippen molar-refractivity contribution in [2.75, 3.05) is 38.2 Å². The lowest BCUT2D eigenvalue weighted by Crippen LogP contribution is -2.47. The number of hydrogen-bond acceptors (Lipinski definition) is 8. The van der Waals surface area contributed by atoms with Crippen LogP contribution in [0.15, 0.2) is 21.7 Å². The number of morpholine rings is 1. The van der Waals surface area contributed by atoms with Crippen LogP contribution in [-0.2, 0) is 18.3 Å². The van der Waals surface area contributed by atoms with Crippen molar-refractivity contribution >= 4 is 5.82 Å². The van der Waals surface area contributed by atoms with E-state index in [1.165, 1.54) is 4.57 Å². The van der Waals surface area contributed by atoms with Crippen molar-refractivity contribution < 1.29 is 9.26 Å². The molecular formula is C17H24N6O3. The summed E-state index contributed by atoms with van der Waals surface area (Å²) in [5.74, 6) is 2.42. The largest absolute Gasteiger partial charge is 0.374 e. The Labute approximate surface area is 151 Å². The molecule has 140 valence electrons. The maximum Gasteiger partial charge on any atom is 0.293 e. The van der Waals surface area contributed by atoms with E-state index in [9.17, 15) is 4.79 Å². The van der Waals surface area contributed by atoms with Gasteiger partial charge in [-0.25, -0.2) is 4.98 Å². The SMILES string of the molecule is CN(C[C@H]1CN(Cc2noc(C3CC3)n2)CCO1)c1nccn(C)c1=O. The number of ether oxygens (including phenoxy) is 1. The molecule has 1 saturated heterocycles. The van der Waals surface area contributed by atoms with Crippen LogP contribution < -0.4 is 10.5 Å². The van der Waals surface area contributed by atoms with Gasteiger partial charge >= 0.3 is 0 Å². The number of nitrogens with zero attached hydrogens (tertiary/aromatic N) is 6. The highest BCUT2D eigenvalue weighted by atomic mass is 16.5. The summed E-state index contributed by atoms with van der Waals surface area (Å²) in [5, 5.41) is 4.09. The molecule has 0 radical (unpaired) electrons. The van der Waals surface area contributed by atoms with Crippen molar-refractivity contribution in [1.82, 2.24) is 24.6 Å². The summed E-state index contributed by atoms with van der Waals surface area (Å²) >= 11 is 0. The summed E-state index contributed by atoms with van der Waals surface area (Å²) in [6, 6.07) is 0. The summed E-state index contributed by atoms with van der Waals surface area (Å²) in [6.07, 6.45) is 5.59. The minimum absolute atomic E-state index is 0.00438. The molecule has 1 saturated carbocycles. The minimum atomic E-state index is -0.109. The van der Waals surface area contributed by atoms with Crippen LogP contribution in [0.25, 0.3) is 0 Å². The molecule has 1 aliphatic carbocycles. The Hall–Kier alpha value is -2.26. The van der Waals surface area contributed by atoms with Gasteiger partial charge in [0.25, 0.3) is 5.56 Å². The van der Waals surface area contributed by atoms with Crippen molar-refractivity contribution in [2.24, 2.45) is 7.05 Å². The molecule has 3 heterocycles. The Bertz CT molecular complexity index is 815. The predicted octanol–water partition coefficient (Wildman–Crippen LogP) is 0.378. The number of aromatic nitrogens is 4. The molecule has 1 atom stereocenters. The van der Waals surface area contributed by atoms with Crippen LogP contribution in [0.4, 0.5) is 5.82 Å². The zero-order valence-corrected chi connectivity index (χ0v) is 15.2. The third kappa shape index (κ3) is 3.78. The fraction of sp³-hybridized carbons (Fsp3) is 0.647. The second kappa shape index (κ2) is 7.16. The molecular weight excluding hydrogens is 336 g/mol. The van der Waals surface area contributed by atoms with Crippen LogP contribution in [0.5, 0.6) is 0 Å². The fourth-order valence-electron chi connectivity index (χ4n) is 3.20. The third-order valence-corrected chi connectivity index (χ3v) is 4.84. The summed E-state index contributed by atoms with van der Waals surface area (Å²) in [7, 11) is 3.59. The highest BCUT2D eigenvalue weighted by molar-refractivity contribution is 5.34. The molecule has 0 bridgehead atoms. The number of anilines is 1. The first kappa shape index (κ1) is 17.2. The second-order valence-electron chi connectivity index (χ2n) is 7.10. The van der Waals surface area contributed by atoms with Crippen LogP contribution in [0.3, 0.4) is 0 Å². The highest BCUT2D eigenvalue weighted by Gasteiger charge is 2.30. The monoisotopic (exact) mass is 360 g/mol. The van der Waals surface area contributed by atoms with Crippen molar-refractivity contribution in [3.8, 4) is 0 Å². The molecule has 0 unspecified atom stereocenters. The Morgan fingerprint density at radius 1 is 1.38 bits per heavy atom. The van der Waals surface area contributed by atoms with Crippen LogP contribution in [0.1, 0.15) is 30.5 Å². The van der Waals surface area contributed by atoms with Gasteiger partial charge in [0.2, 0.25) is 5.89 Å². The van der Waals surface area contributed by atoms with Gasteiger partial charge in [0.15, 0.2) is 11.6 Å². The Kier molecular flexibility index (Phi) is 4.73. The van der Waals surface area contributed by atoms with Gasteiger partial charge in [-0.3, -0.25) is 9.69 Å². The fourth-order valence-corrected chi connectivity index (χ4v) is 3.20. The summed E-state index contributed by atoms with van der Waals surface area (Å²) in [6.45, 7) is 3.49. The molecule has 4 rings (SSSR count). The molecule has 2 aromatic heterocycles. The lowest BCUT2D eigenvalue weighted by Gasteiger charge is -2.34. The molecule has 0 amide bonds. The number of aryl methyl sites for hydroxylation is 1. The standard InChI is InChI=1S/C17H24N6O3/c1-21-6-5-18-15(17(21)24)22(2)9-13-10-23(7-8-25-13)11-14-19-16(26-20-14)12-3-4-12/h5-6,12-13H,3-4,7-11H2,1-2H3/t13-/m0/s1. The van der Waals surface area contributed by atoms with Crippen LogP contribution >= 0.6 is 0 Å². The zero-order chi connectivity index (χ0) is 18.1. The average Bonchev–Trinajstić information content (AvgIpc) is 3.37. The first-order valence-corrected chi connectivity index (χ1v) is 8.99. The molecule has 0 spiro atoms. The summed E-state index contributed by atoms with van der Waals surface area (Å²) in [4.78, 5) is 25.0. The molecule has 0 aromatic carbocycles. The first-order valence-electron chi connectivity index (χ1n) is 8.99. The van der Waals surface area contributed by atoms with Gasteiger partial charge in [-0.05, 0) is 12.8 Å². The van der Waals surface area contributed by atoms with E-state index in [1.54, 1.807) is 19.4 Å². The maximum atomic E-state index is 12.2. The molecule has 2 aromatic rings. The Morgan fingerprint density at radius 3 is 3.04 bits per heavy atom. The average molecular weight is 360 g/mol. The summed E-state index contributed by atoms with van der Waals surface area (Å²) < 4.78 is 12.7. The van der Waals surface area contributed by atoms with E-state index in [2.05, 4.69) is 20.0 Å². The van der Waals surface area contributed by atoms with E-state index in [0.29, 0.717) is 31.4 Å². The highest BCUT2D eigenvalue weighted by Crippen LogP contribution is 2.38. The second-order valence-corrected chi connectivity index (χ2v) is 7.10. The Morgan fingerprint density at radius 2 is 2.23 bits per heavy atom. The van der Waals surface area contributed by atoms with Crippen molar-refractivity contribution in [1.29, 1.82) is 0 Å². The molecule has 2 fully saturated rings. The van der Waals surface area contributed by atoms with E-state index < -0.39 is 0 Å². The van der Waals surface area contributed by atoms with E-state index in [-0.39, 0.29) is 11.7 Å². The van der Waals surface area contributed by atoms with Crippen LogP contribution in [0, 0.1) is 0 Å². The van der Waals surface area contributed by atoms with Gasteiger partial charge in [-0.1, -0.05) is 5.16 Å². The first-order chi connectivity index (χ1) is 12.6. The van der Waals surface area contributed by atoms with Gasteiger partial charge < -0.3 is 18.7 Å². The third-order valence-electron chi connectivity index (χ3n) is 4.84. The molecule has 2 aliphatic rings. The van der Waals surface area contributed by atoms with E-state index in [0.717, 1.165) is 37.6 Å². The smallest absolute Gasteiger partial charge is 0.293 e. The van der Waals surface area contributed by atoms with Gasteiger partial charge in [0.05, 0.1) is 19.3 Å². The molecule has 9 heteroatoms. The van der Waals surface area contributed by atoms with Gasteiger partial charge in [0.1, 0.15) is 0 Å². The van der Waals surface area contributed by atoms with E-state index in [4.69, 9.17) is 9.26 Å². The summed E-state index contributed by atoms with van der Waals surface area (Å²) in [5.41, 5.74) is -0.109. The van der Waals surface area contributed by atoms with Crippen LogP contribution in [-0.4, -0.2) is 64.0 Å². The molecule has 0 N–H and O–H groups in total. The van der Waals surface area contributed by atoms with Crippen molar-refractivity contribution in [2.45, 2.75) is 31.4 Å². The van der Waals surface area contributed by atoms with Crippen molar-refractivity contribution in [3.63, 3.8) is 0 Å². The van der Waals surface area contributed by atoms with Gasteiger partial charge in [-0.15, -0.1) is 0 Å². The van der Waals surface area contributed by atoms with Crippen LogP contribution in [0.2, 0.25) is 0 Å². The topological polar surface area (TPSA) is 89.5 Å². The van der Waals surface area contributed by atoms with E-state index in [1.807, 2.05) is 11.9 Å². The molecule has 26 heavy (non-hydrogen) atoms. The predicted molar refractivity (Wildman–Crippen MR) is 94.0 cm³/mol. The lowest BCUT2D eigenvalue weighted by molar-refractivity contribution is -0.0274. The zero-order valence-electron chi connectivity index (χ0n) is 15.2. The number of likely N-dealkylation sites (N-methyl/N-ethyl adjacent to an activating group) is 1. The number of hydrogen-bond donors (Lipinski definition) is 0. The quantitative estimate of drug-likeness (QED) is 0.730. The molecule has 9 nitrogen and oxygen atoms in total. The minimum Gasteiger partial charge on any atom is -0.374 e. The normalized spacial score (nSPS) is 21.1.